The van der Waals surface area contributed by atoms with Crippen LogP contribution >= 0.6 is 0 Å². The first-order valence-corrected chi connectivity index (χ1v) is 7.03. The molecule has 116 valence electrons. The highest BCUT2D eigenvalue weighted by atomic mass is 16.4. The van der Waals surface area contributed by atoms with Crippen molar-refractivity contribution in [2.75, 3.05) is 26.3 Å². The minimum atomic E-state index is -0.928. The van der Waals surface area contributed by atoms with Gasteiger partial charge in [0.05, 0.1) is 25.2 Å². The number of aliphatic hydroxyl groups is 2. The van der Waals surface area contributed by atoms with Crippen molar-refractivity contribution in [1.82, 2.24) is 10.2 Å². The molecule has 0 radical (unpaired) electrons. The van der Waals surface area contributed by atoms with E-state index in [9.17, 15) is 9.59 Å². The number of carbonyl (C=O) groups excluding carboxylic acids is 1. The number of nitrogens with one attached hydrogen (secondary N) is 1. The maximum Gasteiger partial charge on any atom is 0.318 e. The summed E-state index contributed by atoms with van der Waals surface area (Å²) in [6, 6.07) is -0.420. The molecule has 1 rings (SSSR count). The summed E-state index contributed by atoms with van der Waals surface area (Å²) in [5.74, 6) is -0.928. The fraction of sp³-hybridized carbons (Fsp3) is 0.846. The maximum absolute atomic E-state index is 12.2. The van der Waals surface area contributed by atoms with Crippen molar-refractivity contribution in [2.45, 2.75) is 44.1 Å². The third kappa shape index (κ3) is 4.97. The number of carboxylic acid groups (broad SMARTS) is 1. The SMILES string of the molecule is O=C(O)CC1(NC(=O)N(CCO)CCO)CCCCC1. The molecule has 0 aromatic heterocycles. The van der Waals surface area contributed by atoms with Crippen molar-refractivity contribution >= 4 is 12.0 Å². The number of carboxylic acids is 1. The Labute approximate surface area is 118 Å². The summed E-state index contributed by atoms with van der Waals surface area (Å²) in [6.45, 7) is -0.149. The van der Waals surface area contributed by atoms with E-state index < -0.39 is 17.5 Å². The lowest BCUT2D eigenvalue weighted by atomic mass is 9.79. The van der Waals surface area contributed by atoms with Crippen molar-refractivity contribution in [3.63, 3.8) is 0 Å². The van der Waals surface area contributed by atoms with Gasteiger partial charge in [0, 0.05) is 13.1 Å². The molecule has 1 saturated carbocycles. The maximum atomic E-state index is 12.2. The summed E-state index contributed by atoms with van der Waals surface area (Å²) < 4.78 is 0. The minimum Gasteiger partial charge on any atom is -0.481 e. The van der Waals surface area contributed by atoms with E-state index in [1.54, 1.807) is 0 Å². The van der Waals surface area contributed by atoms with Crippen LogP contribution in [0.25, 0.3) is 0 Å². The summed E-state index contributed by atoms with van der Waals surface area (Å²) >= 11 is 0. The standard InChI is InChI=1S/C13H24N2O5/c16-8-6-15(7-9-17)12(20)14-13(10-11(18)19)4-2-1-3-5-13/h16-17H,1-10H2,(H,14,20)(H,18,19). The number of nitrogens with zero attached hydrogens (tertiary/aromatic N) is 1. The smallest absolute Gasteiger partial charge is 0.318 e. The van der Waals surface area contributed by atoms with Gasteiger partial charge in [0.2, 0.25) is 0 Å². The van der Waals surface area contributed by atoms with Crippen LogP contribution in [-0.2, 0) is 4.79 Å². The van der Waals surface area contributed by atoms with E-state index in [0.29, 0.717) is 12.8 Å². The Bertz CT molecular complexity index is 323. The molecule has 2 amide bonds. The Balaban J connectivity index is 2.71. The van der Waals surface area contributed by atoms with E-state index in [2.05, 4.69) is 5.32 Å². The molecule has 1 fully saturated rings. The molecule has 0 aromatic rings. The molecule has 7 heteroatoms. The molecular formula is C13H24N2O5. The van der Waals surface area contributed by atoms with E-state index in [0.717, 1.165) is 19.3 Å². The zero-order valence-electron chi connectivity index (χ0n) is 11.7. The van der Waals surface area contributed by atoms with Crippen LogP contribution in [0.1, 0.15) is 38.5 Å². The van der Waals surface area contributed by atoms with Gasteiger partial charge in [-0.25, -0.2) is 4.79 Å². The minimum absolute atomic E-state index is 0.0924. The van der Waals surface area contributed by atoms with Gasteiger partial charge in [-0.15, -0.1) is 0 Å². The molecular weight excluding hydrogens is 264 g/mol. The Kier molecular flexibility index (Phi) is 6.74. The van der Waals surface area contributed by atoms with Gasteiger partial charge < -0.3 is 25.5 Å². The highest BCUT2D eigenvalue weighted by Crippen LogP contribution is 2.31. The average Bonchev–Trinajstić information content (AvgIpc) is 2.38. The number of hydrogen-bond donors (Lipinski definition) is 4. The number of aliphatic carboxylic acids is 1. The van der Waals surface area contributed by atoms with E-state index in [4.69, 9.17) is 15.3 Å². The van der Waals surface area contributed by atoms with Crippen LogP contribution in [-0.4, -0.2) is 64.1 Å². The predicted molar refractivity (Wildman–Crippen MR) is 72.3 cm³/mol. The van der Waals surface area contributed by atoms with E-state index in [1.807, 2.05) is 0 Å². The highest BCUT2D eigenvalue weighted by Gasteiger charge is 2.36. The van der Waals surface area contributed by atoms with Gasteiger partial charge in [-0.05, 0) is 12.8 Å². The second-order valence-corrected chi connectivity index (χ2v) is 5.28. The Morgan fingerprint density at radius 1 is 1.05 bits per heavy atom. The lowest BCUT2D eigenvalue weighted by Crippen LogP contribution is -2.56. The normalized spacial score (nSPS) is 17.5. The molecule has 0 unspecified atom stereocenters. The van der Waals surface area contributed by atoms with Crippen LogP contribution in [0.4, 0.5) is 4.79 Å². The molecule has 0 spiro atoms. The molecule has 4 N–H and O–H groups in total. The molecule has 7 nitrogen and oxygen atoms in total. The van der Waals surface area contributed by atoms with Crippen molar-refractivity contribution in [3.8, 4) is 0 Å². The quantitative estimate of drug-likeness (QED) is 0.533. The molecule has 0 aromatic carbocycles. The molecule has 0 aliphatic heterocycles. The van der Waals surface area contributed by atoms with Gasteiger partial charge in [-0.2, -0.15) is 0 Å². The third-order valence-corrected chi connectivity index (χ3v) is 3.70. The molecule has 20 heavy (non-hydrogen) atoms. The molecule has 0 atom stereocenters. The molecule has 1 aliphatic carbocycles. The van der Waals surface area contributed by atoms with E-state index in [1.165, 1.54) is 4.90 Å². The van der Waals surface area contributed by atoms with Gasteiger partial charge in [-0.1, -0.05) is 19.3 Å². The Morgan fingerprint density at radius 3 is 2.05 bits per heavy atom. The van der Waals surface area contributed by atoms with Crippen molar-refractivity contribution in [2.24, 2.45) is 0 Å². The van der Waals surface area contributed by atoms with Gasteiger partial charge in [0.25, 0.3) is 0 Å². The fourth-order valence-electron chi connectivity index (χ4n) is 2.73. The zero-order valence-corrected chi connectivity index (χ0v) is 11.7. The topological polar surface area (TPSA) is 110 Å². The van der Waals surface area contributed by atoms with Crippen LogP contribution < -0.4 is 5.32 Å². The van der Waals surface area contributed by atoms with Crippen molar-refractivity contribution in [3.05, 3.63) is 0 Å². The first kappa shape index (κ1) is 16.7. The highest BCUT2D eigenvalue weighted by molar-refractivity contribution is 5.77. The second-order valence-electron chi connectivity index (χ2n) is 5.28. The van der Waals surface area contributed by atoms with Gasteiger partial charge >= 0.3 is 12.0 Å². The number of aliphatic hydroxyl groups excluding tert-OH is 2. The molecule has 0 bridgehead atoms. The van der Waals surface area contributed by atoms with Crippen molar-refractivity contribution < 1.29 is 24.9 Å². The largest absolute Gasteiger partial charge is 0.481 e. The van der Waals surface area contributed by atoms with Crippen LogP contribution in [0.15, 0.2) is 0 Å². The lowest BCUT2D eigenvalue weighted by molar-refractivity contribution is -0.139. The summed E-state index contributed by atoms with van der Waals surface area (Å²) in [5, 5.41) is 29.7. The Hall–Kier alpha value is -1.34. The average molecular weight is 288 g/mol. The zero-order chi connectivity index (χ0) is 15.0. The molecule has 1 aliphatic rings. The number of hydrogen-bond acceptors (Lipinski definition) is 4. The van der Waals surface area contributed by atoms with E-state index >= 15 is 0 Å². The monoisotopic (exact) mass is 288 g/mol. The molecule has 0 heterocycles. The number of rotatable bonds is 7. The fourth-order valence-corrected chi connectivity index (χ4v) is 2.73. The van der Waals surface area contributed by atoms with E-state index in [-0.39, 0.29) is 32.7 Å². The summed E-state index contributed by atoms with van der Waals surface area (Å²) in [6.07, 6.45) is 4.05. The van der Waals surface area contributed by atoms with Gasteiger partial charge in [-0.3, -0.25) is 4.79 Å². The summed E-state index contributed by atoms with van der Waals surface area (Å²) in [4.78, 5) is 24.5. The third-order valence-electron chi connectivity index (χ3n) is 3.70. The first-order valence-electron chi connectivity index (χ1n) is 7.03. The second kappa shape index (κ2) is 8.06. The number of amides is 2. The van der Waals surface area contributed by atoms with Gasteiger partial charge in [0.15, 0.2) is 0 Å². The first-order chi connectivity index (χ1) is 9.53. The van der Waals surface area contributed by atoms with Gasteiger partial charge in [0.1, 0.15) is 0 Å². The van der Waals surface area contributed by atoms with Crippen LogP contribution in [0, 0.1) is 0 Å². The predicted octanol–water partition coefficient (Wildman–Crippen LogP) is 0.160. The lowest BCUT2D eigenvalue weighted by Gasteiger charge is -2.38. The Morgan fingerprint density at radius 2 is 1.60 bits per heavy atom. The van der Waals surface area contributed by atoms with Crippen molar-refractivity contribution in [1.29, 1.82) is 0 Å². The summed E-state index contributed by atoms with van der Waals surface area (Å²) in [5.41, 5.74) is -0.704. The molecule has 0 saturated heterocycles. The van der Waals surface area contributed by atoms with Crippen LogP contribution in [0.5, 0.6) is 0 Å². The summed E-state index contributed by atoms with van der Waals surface area (Å²) in [7, 11) is 0. The van der Waals surface area contributed by atoms with Crippen LogP contribution in [0.3, 0.4) is 0 Å². The van der Waals surface area contributed by atoms with Crippen LogP contribution in [0.2, 0.25) is 0 Å². The number of carbonyl (C=O) groups is 2. The number of urea groups is 1.